The zero-order valence-electron chi connectivity index (χ0n) is 25.1. The van der Waals surface area contributed by atoms with Crippen molar-refractivity contribution in [2.45, 2.75) is 72.1 Å². The van der Waals surface area contributed by atoms with Gasteiger partial charge < -0.3 is 20.6 Å². The van der Waals surface area contributed by atoms with Gasteiger partial charge in [-0.2, -0.15) is 13.2 Å². The molecule has 6 nitrogen and oxygen atoms in total. The molecule has 1 aliphatic heterocycles. The van der Waals surface area contributed by atoms with Crippen LogP contribution in [-0.4, -0.2) is 33.9 Å². The number of rotatable bonds is 7. The fourth-order valence-electron chi connectivity index (χ4n) is 5.62. The van der Waals surface area contributed by atoms with Gasteiger partial charge in [0.25, 0.3) is 5.91 Å². The summed E-state index contributed by atoms with van der Waals surface area (Å²) in [5, 5.41) is 7.46. The number of alkyl halides is 3. The Balaban J connectivity index is 0.000000480. The van der Waals surface area contributed by atoms with Crippen molar-refractivity contribution in [3.05, 3.63) is 105 Å². The highest BCUT2D eigenvalue weighted by Crippen LogP contribution is 2.40. The van der Waals surface area contributed by atoms with Crippen LogP contribution in [0, 0.1) is 11.2 Å². The molecule has 230 valence electrons. The zero-order chi connectivity index (χ0) is 32.1. The second kappa shape index (κ2) is 13.4. The average Bonchev–Trinajstić information content (AvgIpc) is 3.28. The van der Waals surface area contributed by atoms with Crippen molar-refractivity contribution in [3.8, 4) is 0 Å². The molecule has 43 heavy (non-hydrogen) atoms. The second-order valence-corrected chi connectivity index (χ2v) is 11.1. The van der Waals surface area contributed by atoms with Crippen molar-refractivity contribution in [2.24, 2.45) is 5.73 Å². The monoisotopic (exact) mass is 598 g/mol. The molecule has 0 bridgehead atoms. The van der Waals surface area contributed by atoms with Gasteiger partial charge in [0.15, 0.2) is 5.78 Å². The van der Waals surface area contributed by atoms with Crippen molar-refractivity contribution in [3.63, 3.8) is 0 Å². The summed E-state index contributed by atoms with van der Waals surface area (Å²) >= 11 is 0. The predicted molar refractivity (Wildman–Crippen MR) is 160 cm³/mol. The van der Waals surface area contributed by atoms with Crippen LogP contribution in [0.4, 0.5) is 17.6 Å². The number of Topliss-reactive ketones (excluding diaryl/α,β-unsaturated/α-hetero) is 1. The molecule has 3 aromatic rings. The maximum atomic E-state index is 13.0. The lowest BCUT2D eigenvalue weighted by molar-refractivity contribution is -0.137. The van der Waals surface area contributed by atoms with Gasteiger partial charge in [-0.25, -0.2) is 4.39 Å². The van der Waals surface area contributed by atoms with E-state index in [0.29, 0.717) is 30.6 Å². The van der Waals surface area contributed by atoms with Crippen molar-refractivity contribution in [1.82, 2.24) is 9.47 Å². The van der Waals surface area contributed by atoms with Crippen LogP contribution >= 0.6 is 0 Å². The molecular formula is C33H38F4N4O2. The number of hydrogen-bond donors (Lipinski definition) is 2. The molecule has 0 aliphatic carbocycles. The Labute approximate surface area is 249 Å². The Bertz CT molecular complexity index is 1500. The molecule has 0 atom stereocenters. The molecule has 1 amide bonds. The number of ketones is 1. The molecule has 10 heteroatoms. The van der Waals surface area contributed by atoms with E-state index in [1.54, 1.807) is 17.0 Å². The van der Waals surface area contributed by atoms with E-state index in [1.807, 2.05) is 32.3 Å². The molecule has 0 unspecified atom stereocenters. The standard InChI is InChI=1S/C25H29F3N4O2.C8H9F/c1-5-20-21(15(2)33)19-13-31(23(34)17(10-29)11-30)14-24(3,4)22(19)32(20)12-16-6-8-18(9-7-16)25(26,27)28;1-2-7-3-5-8(9)6-4-7/h6-11,29H,5,12-14,30H2,1-4H3;3-6H,2H2,1H3/b17-11+,29-10?;. The molecule has 2 heterocycles. The Morgan fingerprint density at radius 3 is 2.05 bits per heavy atom. The summed E-state index contributed by atoms with van der Waals surface area (Å²) in [5.41, 5.74) is 9.13. The first-order valence-corrected chi connectivity index (χ1v) is 14.1. The number of hydrogen-bond acceptors (Lipinski definition) is 4. The third-order valence-electron chi connectivity index (χ3n) is 7.55. The Kier molecular flexibility index (Phi) is 10.4. The van der Waals surface area contributed by atoms with E-state index in [4.69, 9.17) is 11.1 Å². The van der Waals surface area contributed by atoms with E-state index in [0.717, 1.165) is 47.9 Å². The summed E-state index contributed by atoms with van der Waals surface area (Å²) in [6, 6.07) is 11.6. The highest BCUT2D eigenvalue weighted by molar-refractivity contribution is 6.11. The molecule has 0 radical (unpaired) electrons. The number of carbonyl (C=O) groups is 2. The first-order valence-electron chi connectivity index (χ1n) is 14.1. The topological polar surface area (TPSA) is 92.2 Å². The number of nitrogens with one attached hydrogen (secondary N) is 1. The number of aryl methyl sites for hydroxylation is 1. The minimum Gasteiger partial charge on any atom is -0.404 e. The zero-order valence-corrected chi connectivity index (χ0v) is 25.1. The van der Waals surface area contributed by atoms with E-state index in [-0.39, 0.29) is 29.6 Å². The lowest BCUT2D eigenvalue weighted by Crippen LogP contribution is -2.46. The van der Waals surface area contributed by atoms with E-state index in [1.165, 1.54) is 36.8 Å². The number of halogens is 4. The highest BCUT2D eigenvalue weighted by Gasteiger charge is 2.41. The molecule has 3 N–H and O–H groups in total. The number of fused-ring (bicyclic) bond motifs is 1. The fourth-order valence-corrected chi connectivity index (χ4v) is 5.62. The summed E-state index contributed by atoms with van der Waals surface area (Å²) in [4.78, 5) is 27.3. The lowest BCUT2D eigenvalue weighted by Gasteiger charge is -2.40. The lowest BCUT2D eigenvalue weighted by atomic mass is 9.81. The van der Waals surface area contributed by atoms with E-state index >= 15 is 0 Å². The van der Waals surface area contributed by atoms with E-state index < -0.39 is 17.2 Å². The van der Waals surface area contributed by atoms with E-state index in [2.05, 4.69) is 0 Å². The molecule has 1 aliphatic rings. The van der Waals surface area contributed by atoms with Crippen molar-refractivity contribution in [2.75, 3.05) is 6.54 Å². The third-order valence-corrected chi connectivity index (χ3v) is 7.55. The van der Waals surface area contributed by atoms with Gasteiger partial charge in [0.2, 0.25) is 0 Å². The van der Waals surface area contributed by atoms with Crippen LogP contribution < -0.4 is 5.73 Å². The highest BCUT2D eigenvalue weighted by atomic mass is 19.4. The maximum absolute atomic E-state index is 13.0. The van der Waals surface area contributed by atoms with Crippen LogP contribution in [-0.2, 0) is 42.3 Å². The van der Waals surface area contributed by atoms with Crippen LogP contribution in [0.2, 0.25) is 0 Å². The Hall–Kier alpha value is -4.21. The van der Waals surface area contributed by atoms with Gasteiger partial charge in [-0.1, -0.05) is 52.0 Å². The largest absolute Gasteiger partial charge is 0.416 e. The predicted octanol–water partition coefficient (Wildman–Crippen LogP) is 6.82. The number of amides is 1. The fraction of sp³-hybridized carbons (Fsp3) is 0.364. The van der Waals surface area contributed by atoms with Gasteiger partial charge in [-0.15, -0.1) is 0 Å². The quantitative estimate of drug-likeness (QED) is 0.135. The summed E-state index contributed by atoms with van der Waals surface area (Å²) in [6.07, 6.45) is -0.894. The molecule has 0 spiro atoms. The number of carbonyl (C=O) groups excluding carboxylic acids is 2. The molecular weight excluding hydrogens is 560 g/mol. The smallest absolute Gasteiger partial charge is 0.404 e. The first-order chi connectivity index (χ1) is 20.2. The summed E-state index contributed by atoms with van der Waals surface area (Å²) in [5.74, 6) is -0.683. The van der Waals surface area contributed by atoms with Gasteiger partial charge in [0.1, 0.15) is 5.82 Å². The van der Waals surface area contributed by atoms with Gasteiger partial charge >= 0.3 is 6.18 Å². The minimum atomic E-state index is -4.41. The van der Waals surface area contributed by atoms with Gasteiger partial charge in [0, 0.05) is 60.0 Å². The van der Waals surface area contributed by atoms with Gasteiger partial charge in [0.05, 0.1) is 11.1 Å². The molecule has 2 aromatic carbocycles. The van der Waals surface area contributed by atoms with Crippen LogP contribution in [0.1, 0.15) is 78.6 Å². The van der Waals surface area contributed by atoms with Gasteiger partial charge in [-0.3, -0.25) is 9.59 Å². The SMILES string of the molecule is CCc1c(C(C)=O)c2c(n1Cc1ccc(C(F)(F)F)cc1)C(C)(C)CN(C(=O)/C(C=N)=C/N)C2.CCc1ccc(F)cc1. The summed E-state index contributed by atoms with van der Waals surface area (Å²) in [6.45, 7) is 10.2. The van der Waals surface area contributed by atoms with Crippen molar-refractivity contribution in [1.29, 1.82) is 5.41 Å². The molecule has 1 aromatic heterocycles. The maximum Gasteiger partial charge on any atom is 0.416 e. The van der Waals surface area contributed by atoms with Crippen LogP contribution in [0.3, 0.4) is 0 Å². The Morgan fingerprint density at radius 1 is 1.00 bits per heavy atom. The van der Waals surface area contributed by atoms with Crippen LogP contribution in [0.25, 0.3) is 0 Å². The number of aromatic nitrogens is 1. The normalized spacial score (nSPS) is 14.4. The Morgan fingerprint density at radius 2 is 1.58 bits per heavy atom. The molecule has 0 saturated heterocycles. The molecule has 4 rings (SSSR count). The van der Waals surface area contributed by atoms with Crippen molar-refractivity contribution >= 4 is 17.9 Å². The number of nitrogens with two attached hydrogens (primary N) is 1. The minimum absolute atomic E-state index is 0.0588. The summed E-state index contributed by atoms with van der Waals surface area (Å²) < 4.78 is 53.2. The van der Waals surface area contributed by atoms with Gasteiger partial charge in [-0.05, 0) is 55.2 Å². The van der Waals surface area contributed by atoms with Crippen LogP contribution in [0.15, 0.2) is 60.3 Å². The second-order valence-electron chi connectivity index (χ2n) is 11.1. The molecule has 0 saturated carbocycles. The number of nitrogens with zero attached hydrogens (tertiary/aromatic N) is 2. The van der Waals surface area contributed by atoms with Crippen LogP contribution in [0.5, 0.6) is 0 Å². The van der Waals surface area contributed by atoms with Crippen molar-refractivity contribution < 1.29 is 27.2 Å². The average molecular weight is 599 g/mol. The summed E-state index contributed by atoms with van der Waals surface area (Å²) in [7, 11) is 0. The number of benzene rings is 2. The molecule has 0 fully saturated rings. The third kappa shape index (κ3) is 7.42. The first kappa shape index (κ1) is 33.3. The van der Waals surface area contributed by atoms with E-state index in [9.17, 15) is 27.2 Å².